The van der Waals surface area contributed by atoms with Gasteiger partial charge in [0.1, 0.15) is 12.4 Å². The summed E-state index contributed by atoms with van der Waals surface area (Å²) in [6.07, 6.45) is 5.29. The van der Waals surface area contributed by atoms with Crippen LogP contribution in [0.25, 0.3) is 0 Å². The molecule has 1 aliphatic rings. The highest BCUT2D eigenvalue weighted by molar-refractivity contribution is 5.28. The molecule has 0 bridgehead atoms. The van der Waals surface area contributed by atoms with E-state index in [0.717, 1.165) is 37.9 Å². The summed E-state index contributed by atoms with van der Waals surface area (Å²) in [6, 6.07) is 10.5. The van der Waals surface area contributed by atoms with Gasteiger partial charge in [0, 0.05) is 5.92 Å². The van der Waals surface area contributed by atoms with Crippen LogP contribution >= 0.6 is 0 Å². The van der Waals surface area contributed by atoms with Crippen molar-refractivity contribution in [3.8, 4) is 11.8 Å². The molecule has 1 fully saturated rings. The van der Waals surface area contributed by atoms with Gasteiger partial charge in [0.15, 0.2) is 0 Å². The zero-order chi connectivity index (χ0) is 14.2. The molecule has 20 heavy (non-hydrogen) atoms. The lowest BCUT2D eigenvalue weighted by Gasteiger charge is -2.24. The van der Waals surface area contributed by atoms with E-state index in [1.807, 2.05) is 12.1 Å². The standard InChI is InChI=1S/C17H23NO2/c1-2-14-4-3-5-17(12-14)20-11-10-19-16-8-6-15(13-18)7-9-16/h3-5,12,15-16H,2,6-11H2,1H3. The molecule has 0 spiro atoms. The van der Waals surface area contributed by atoms with Gasteiger partial charge in [-0.15, -0.1) is 0 Å². The lowest BCUT2D eigenvalue weighted by molar-refractivity contribution is 0.00822. The summed E-state index contributed by atoms with van der Waals surface area (Å²) < 4.78 is 11.5. The number of hydrogen-bond donors (Lipinski definition) is 0. The van der Waals surface area contributed by atoms with Gasteiger partial charge in [-0.3, -0.25) is 0 Å². The number of nitrogens with zero attached hydrogens (tertiary/aromatic N) is 1. The zero-order valence-corrected chi connectivity index (χ0v) is 12.2. The van der Waals surface area contributed by atoms with Gasteiger partial charge in [0.2, 0.25) is 0 Å². The molecule has 3 nitrogen and oxygen atoms in total. The Balaban J connectivity index is 1.63. The van der Waals surface area contributed by atoms with Crippen LogP contribution in [0.3, 0.4) is 0 Å². The maximum absolute atomic E-state index is 8.85. The summed E-state index contributed by atoms with van der Waals surface area (Å²) in [5.41, 5.74) is 1.29. The molecule has 0 radical (unpaired) electrons. The Kier molecular flexibility index (Phi) is 5.88. The van der Waals surface area contributed by atoms with Crippen LogP contribution in [0.15, 0.2) is 24.3 Å². The van der Waals surface area contributed by atoms with Crippen molar-refractivity contribution >= 4 is 0 Å². The predicted molar refractivity (Wildman–Crippen MR) is 78.6 cm³/mol. The molecule has 0 aliphatic heterocycles. The Bertz CT molecular complexity index is 445. The van der Waals surface area contributed by atoms with Crippen LogP contribution in [0.5, 0.6) is 5.75 Å². The van der Waals surface area contributed by atoms with Crippen molar-refractivity contribution in [2.75, 3.05) is 13.2 Å². The second-order valence-electron chi connectivity index (χ2n) is 5.32. The molecule has 3 heteroatoms. The average Bonchev–Trinajstić information content (AvgIpc) is 2.52. The first-order valence-corrected chi connectivity index (χ1v) is 7.54. The Hall–Kier alpha value is -1.53. The van der Waals surface area contributed by atoms with Crippen LogP contribution in [0, 0.1) is 17.2 Å². The molecular formula is C17H23NO2. The normalized spacial score (nSPS) is 22.2. The molecule has 1 saturated carbocycles. The highest BCUT2D eigenvalue weighted by Crippen LogP contribution is 2.25. The number of benzene rings is 1. The number of hydrogen-bond acceptors (Lipinski definition) is 3. The van der Waals surface area contributed by atoms with Gasteiger partial charge in [-0.25, -0.2) is 0 Å². The van der Waals surface area contributed by atoms with Crippen molar-refractivity contribution in [1.29, 1.82) is 5.26 Å². The van der Waals surface area contributed by atoms with E-state index in [1.54, 1.807) is 0 Å². The third kappa shape index (κ3) is 4.54. The molecule has 2 rings (SSSR count). The molecule has 0 aromatic heterocycles. The average molecular weight is 273 g/mol. The molecule has 0 amide bonds. The first-order valence-electron chi connectivity index (χ1n) is 7.54. The van der Waals surface area contributed by atoms with Gasteiger partial charge >= 0.3 is 0 Å². The van der Waals surface area contributed by atoms with E-state index < -0.39 is 0 Å². The highest BCUT2D eigenvalue weighted by Gasteiger charge is 2.20. The van der Waals surface area contributed by atoms with Crippen LogP contribution in [0.1, 0.15) is 38.2 Å². The summed E-state index contributed by atoms with van der Waals surface area (Å²) in [4.78, 5) is 0. The SMILES string of the molecule is CCc1cccc(OCCOC2CCC(C#N)CC2)c1. The third-order valence-corrected chi connectivity index (χ3v) is 3.87. The minimum atomic E-state index is 0.239. The minimum Gasteiger partial charge on any atom is -0.491 e. The van der Waals surface area contributed by atoms with Crippen LogP contribution in [0.4, 0.5) is 0 Å². The van der Waals surface area contributed by atoms with E-state index in [-0.39, 0.29) is 5.92 Å². The fourth-order valence-electron chi connectivity index (χ4n) is 2.59. The molecule has 0 atom stereocenters. The fourth-order valence-corrected chi connectivity index (χ4v) is 2.59. The molecule has 0 saturated heterocycles. The van der Waals surface area contributed by atoms with Crippen molar-refractivity contribution in [3.05, 3.63) is 29.8 Å². The number of rotatable bonds is 6. The van der Waals surface area contributed by atoms with Crippen LogP contribution in [0.2, 0.25) is 0 Å². The first kappa shape index (κ1) is 14.9. The maximum atomic E-state index is 8.85. The number of nitriles is 1. The third-order valence-electron chi connectivity index (χ3n) is 3.87. The molecule has 0 N–H and O–H groups in total. The van der Waals surface area contributed by atoms with Gasteiger partial charge in [0.05, 0.1) is 18.8 Å². The van der Waals surface area contributed by atoms with Crippen molar-refractivity contribution in [2.24, 2.45) is 5.92 Å². The Morgan fingerprint density at radius 3 is 2.70 bits per heavy atom. The van der Waals surface area contributed by atoms with Gasteiger partial charge in [0.25, 0.3) is 0 Å². The molecular weight excluding hydrogens is 250 g/mol. The van der Waals surface area contributed by atoms with E-state index in [0.29, 0.717) is 19.3 Å². The highest BCUT2D eigenvalue weighted by atomic mass is 16.5. The monoisotopic (exact) mass is 273 g/mol. The predicted octanol–water partition coefficient (Wildman–Crippen LogP) is 3.73. The van der Waals surface area contributed by atoms with Crippen LogP contribution in [-0.2, 0) is 11.2 Å². The second-order valence-corrected chi connectivity index (χ2v) is 5.32. The Labute approximate surface area is 121 Å². The summed E-state index contributed by atoms with van der Waals surface area (Å²) in [5.74, 6) is 1.16. The van der Waals surface area contributed by atoms with E-state index in [2.05, 4.69) is 25.1 Å². The lowest BCUT2D eigenvalue weighted by atomic mass is 9.88. The number of ether oxygens (including phenoxy) is 2. The summed E-state index contributed by atoms with van der Waals surface area (Å²) in [6.45, 7) is 3.35. The van der Waals surface area contributed by atoms with Gasteiger partial charge in [-0.05, 0) is 49.8 Å². The van der Waals surface area contributed by atoms with Crippen molar-refractivity contribution < 1.29 is 9.47 Å². The number of aryl methyl sites for hydroxylation is 1. The van der Waals surface area contributed by atoms with Gasteiger partial charge < -0.3 is 9.47 Å². The fraction of sp³-hybridized carbons (Fsp3) is 0.588. The Morgan fingerprint density at radius 2 is 2.00 bits per heavy atom. The smallest absolute Gasteiger partial charge is 0.119 e. The minimum absolute atomic E-state index is 0.239. The topological polar surface area (TPSA) is 42.2 Å². The van der Waals surface area contributed by atoms with E-state index in [1.165, 1.54) is 5.56 Å². The quantitative estimate of drug-likeness (QED) is 0.742. The summed E-state index contributed by atoms with van der Waals surface area (Å²) in [7, 11) is 0. The van der Waals surface area contributed by atoms with Crippen LogP contribution < -0.4 is 4.74 Å². The molecule has 108 valence electrons. The van der Waals surface area contributed by atoms with Crippen molar-refractivity contribution in [2.45, 2.75) is 45.1 Å². The first-order chi connectivity index (χ1) is 9.81. The second kappa shape index (κ2) is 7.91. The van der Waals surface area contributed by atoms with Crippen molar-refractivity contribution in [3.63, 3.8) is 0 Å². The van der Waals surface area contributed by atoms with E-state index in [4.69, 9.17) is 14.7 Å². The zero-order valence-electron chi connectivity index (χ0n) is 12.2. The lowest BCUT2D eigenvalue weighted by Crippen LogP contribution is -2.23. The molecule has 1 aromatic carbocycles. The van der Waals surface area contributed by atoms with E-state index in [9.17, 15) is 0 Å². The Morgan fingerprint density at radius 1 is 1.20 bits per heavy atom. The van der Waals surface area contributed by atoms with E-state index >= 15 is 0 Å². The maximum Gasteiger partial charge on any atom is 0.119 e. The molecule has 0 heterocycles. The van der Waals surface area contributed by atoms with Gasteiger partial charge in [-0.2, -0.15) is 5.26 Å². The van der Waals surface area contributed by atoms with Crippen molar-refractivity contribution in [1.82, 2.24) is 0 Å². The summed E-state index contributed by atoms with van der Waals surface area (Å²) >= 11 is 0. The molecule has 1 aromatic rings. The molecule has 0 unspecified atom stereocenters. The van der Waals surface area contributed by atoms with Crippen LogP contribution in [-0.4, -0.2) is 19.3 Å². The summed E-state index contributed by atoms with van der Waals surface area (Å²) in [5, 5.41) is 8.85. The molecule has 1 aliphatic carbocycles. The van der Waals surface area contributed by atoms with Gasteiger partial charge in [-0.1, -0.05) is 19.1 Å². The largest absolute Gasteiger partial charge is 0.491 e.